The summed E-state index contributed by atoms with van der Waals surface area (Å²) in [5.41, 5.74) is 1.53. The SMILES string of the molecule is CCNc1nc(C)c(C(=O)NC(C)c2ccc(S(C)(=O)=O)cc2)s1. The Morgan fingerprint density at radius 1 is 1.29 bits per heavy atom. The molecular weight excluding hydrogens is 346 g/mol. The summed E-state index contributed by atoms with van der Waals surface area (Å²) in [6, 6.07) is 6.29. The molecule has 1 atom stereocenters. The normalized spacial score (nSPS) is 12.7. The monoisotopic (exact) mass is 367 g/mol. The summed E-state index contributed by atoms with van der Waals surface area (Å²) in [6.07, 6.45) is 1.17. The van der Waals surface area contributed by atoms with Gasteiger partial charge in [-0.1, -0.05) is 23.5 Å². The highest BCUT2D eigenvalue weighted by Crippen LogP contribution is 2.23. The number of sulfone groups is 1. The summed E-state index contributed by atoms with van der Waals surface area (Å²) < 4.78 is 23.0. The second kappa shape index (κ2) is 7.31. The number of rotatable bonds is 6. The predicted molar refractivity (Wildman–Crippen MR) is 96.4 cm³/mol. The van der Waals surface area contributed by atoms with Gasteiger partial charge in [-0.2, -0.15) is 0 Å². The molecule has 24 heavy (non-hydrogen) atoms. The van der Waals surface area contributed by atoms with E-state index in [1.165, 1.54) is 17.6 Å². The van der Waals surface area contributed by atoms with Crippen molar-refractivity contribution < 1.29 is 13.2 Å². The van der Waals surface area contributed by atoms with Gasteiger partial charge < -0.3 is 10.6 Å². The van der Waals surface area contributed by atoms with Crippen molar-refractivity contribution in [3.63, 3.8) is 0 Å². The molecule has 1 aromatic carbocycles. The molecular formula is C16H21N3O3S2. The highest BCUT2D eigenvalue weighted by molar-refractivity contribution is 7.90. The van der Waals surface area contributed by atoms with Crippen LogP contribution in [0.1, 0.15) is 40.8 Å². The Labute approximate surface area is 146 Å². The molecule has 0 aliphatic carbocycles. The van der Waals surface area contributed by atoms with Gasteiger partial charge in [-0.05, 0) is 38.5 Å². The van der Waals surface area contributed by atoms with E-state index in [0.717, 1.165) is 17.2 Å². The minimum atomic E-state index is -3.22. The lowest BCUT2D eigenvalue weighted by atomic mass is 10.1. The Kier molecular flexibility index (Phi) is 5.61. The molecule has 1 heterocycles. The van der Waals surface area contributed by atoms with E-state index < -0.39 is 9.84 Å². The van der Waals surface area contributed by atoms with Crippen molar-refractivity contribution in [2.45, 2.75) is 31.7 Å². The third kappa shape index (κ3) is 4.33. The fraction of sp³-hybridized carbons (Fsp3) is 0.375. The number of benzene rings is 1. The third-order valence-corrected chi connectivity index (χ3v) is 5.73. The van der Waals surface area contributed by atoms with E-state index in [1.54, 1.807) is 31.2 Å². The number of nitrogens with one attached hydrogen (secondary N) is 2. The van der Waals surface area contributed by atoms with Crippen molar-refractivity contribution in [3.05, 3.63) is 40.4 Å². The van der Waals surface area contributed by atoms with Crippen molar-refractivity contribution >= 4 is 32.2 Å². The van der Waals surface area contributed by atoms with Crippen LogP contribution < -0.4 is 10.6 Å². The van der Waals surface area contributed by atoms with Crippen LogP contribution in [0.3, 0.4) is 0 Å². The lowest BCUT2D eigenvalue weighted by Crippen LogP contribution is -2.26. The maximum absolute atomic E-state index is 12.4. The van der Waals surface area contributed by atoms with Gasteiger partial charge in [-0.25, -0.2) is 13.4 Å². The minimum absolute atomic E-state index is 0.186. The second-order valence-electron chi connectivity index (χ2n) is 5.50. The molecule has 0 spiro atoms. The first kappa shape index (κ1) is 18.4. The van der Waals surface area contributed by atoms with Gasteiger partial charge in [0.05, 0.1) is 16.6 Å². The first-order chi connectivity index (χ1) is 11.2. The molecule has 0 saturated heterocycles. The zero-order valence-corrected chi connectivity index (χ0v) is 15.7. The number of anilines is 1. The highest BCUT2D eigenvalue weighted by atomic mass is 32.2. The lowest BCUT2D eigenvalue weighted by Gasteiger charge is -2.14. The Morgan fingerprint density at radius 2 is 1.92 bits per heavy atom. The van der Waals surface area contributed by atoms with Gasteiger partial charge in [0, 0.05) is 12.8 Å². The van der Waals surface area contributed by atoms with Gasteiger partial charge in [0.25, 0.3) is 5.91 Å². The molecule has 8 heteroatoms. The molecule has 2 aromatic rings. The van der Waals surface area contributed by atoms with Crippen molar-refractivity contribution in [2.24, 2.45) is 0 Å². The molecule has 6 nitrogen and oxygen atoms in total. The topological polar surface area (TPSA) is 88.2 Å². The average Bonchev–Trinajstić information content (AvgIpc) is 2.87. The quantitative estimate of drug-likeness (QED) is 0.820. The maximum Gasteiger partial charge on any atom is 0.263 e. The van der Waals surface area contributed by atoms with Gasteiger partial charge in [0.1, 0.15) is 4.88 Å². The molecule has 1 aromatic heterocycles. The molecule has 2 N–H and O–H groups in total. The van der Waals surface area contributed by atoms with E-state index in [2.05, 4.69) is 15.6 Å². The number of nitrogens with zero attached hydrogens (tertiary/aromatic N) is 1. The van der Waals surface area contributed by atoms with E-state index >= 15 is 0 Å². The molecule has 0 fully saturated rings. The first-order valence-corrected chi connectivity index (χ1v) is 10.2. The van der Waals surface area contributed by atoms with Gasteiger partial charge in [0.2, 0.25) is 0 Å². The zero-order chi connectivity index (χ0) is 17.9. The van der Waals surface area contributed by atoms with E-state index in [0.29, 0.717) is 10.6 Å². The summed E-state index contributed by atoms with van der Waals surface area (Å²) in [7, 11) is -3.22. The van der Waals surface area contributed by atoms with Crippen LogP contribution in [0, 0.1) is 6.92 Å². The Hall–Kier alpha value is -1.93. The Morgan fingerprint density at radius 3 is 2.46 bits per heavy atom. The van der Waals surface area contributed by atoms with E-state index in [1.807, 2.05) is 13.8 Å². The first-order valence-electron chi connectivity index (χ1n) is 7.54. The number of aryl methyl sites for hydroxylation is 1. The van der Waals surface area contributed by atoms with Crippen LogP contribution in [0.2, 0.25) is 0 Å². The van der Waals surface area contributed by atoms with E-state index in [-0.39, 0.29) is 16.8 Å². The summed E-state index contributed by atoms with van der Waals surface area (Å²) in [4.78, 5) is 17.6. The molecule has 0 radical (unpaired) electrons. The maximum atomic E-state index is 12.4. The molecule has 0 saturated carbocycles. The molecule has 1 unspecified atom stereocenters. The fourth-order valence-corrected chi connectivity index (χ4v) is 3.75. The molecule has 1 amide bonds. The summed E-state index contributed by atoms with van der Waals surface area (Å²) in [5.74, 6) is -0.186. The van der Waals surface area contributed by atoms with Crippen LogP contribution in [-0.4, -0.2) is 32.1 Å². The number of hydrogen-bond donors (Lipinski definition) is 2. The molecule has 0 aliphatic heterocycles. The zero-order valence-electron chi connectivity index (χ0n) is 14.1. The van der Waals surface area contributed by atoms with Crippen LogP contribution in [0.4, 0.5) is 5.13 Å². The second-order valence-corrected chi connectivity index (χ2v) is 8.52. The molecule has 0 bridgehead atoms. The average molecular weight is 367 g/mol. The van der Waals surface area contributed by atoms with Crippen molar-refractivity contribution in [2.75, 3.05) is 18.1 Å². The standard InChI is InChI=1S/C16H21N3O3S2/c1-5-17-16-19-11(3)14(23-16)15(20)18-10(2)12-6-8-13(9-7-12)24(4,21)22/h6-10H,5H2,1-4H3,(H,17,19)(H,18,20). The number of carbonyl (C=O) groups excluding carboxylic acids is 1. The minimum Gasteiger partial charge on any atom is -0.362 e. The van der Waals surface area contributed by atoms with Crippen LogP contribution in [0.25, 0.3) is 0 Å². The van der Waals surface area contributed by atoms with Gasteiger partial charge >= 0.3 is 0 Å². The van der Waals surface area contributed by atoms with Crippen molar-refractivity contribution in [3.8, 4) is 0 Å². The summed E-state index contributed by atoms with van der Waals surface area (Å²) in [5, 5.41) is 6.75. The Balaban J connectivity index is 2.11. The largest absolute Gasteiger partial charge is 0.362 e. The predicted octanol–water partition coefficient (Wildman–Crippen LogP) is 2.78. The molecule has 2 rings (SSSR count). The lowest BCUT2D eigenvalue weighted by molar-refractivity contribution is 0.0943. The number of hydrogen-bond acceptors (Lipinski definition) is 6. The highest BCUT2D eigenvalue weighted by Gasteiger charge is 2.18. The smallest absolute Gasteiger partial charge is 0.263 e. The number of carbonyl (C=O) groups is 1. The number of thiazole rings is 1. The van der Waals surface area contributed by atoms with Gasteiger partial charge in [0.15, 0.2) is 15.0 Å². The number of amides is 1. The van der Waals surface area contributed by atoms with Crippen LogP contribution in [-0.2, 0) is 9.84 Å². The van der Waals surface area contributed by atoms with E-state index in [4.69, 9.17) is 0 Å². The molecule has 0 aliphatic rings. The van der Waals surface area contributed by atoms with Crippen LogP contribution >= 0.6 is 11.3 Å². The van der Waals surface area contributed by atoms with E-state index in [9.17, 15) is 13.2 Å². The fourth-order valence-electron chi connectivity index (χ4n) is 2.18. The Bertz CT molecular complexity index is 827. The summed E-state index contributed by atoms with van der Waals surface area (Å²) >= 11 is 1.32. The van der Waals surface area contributed by atoms with Gasteiger partial charge in [-0.3, -0.25) is 4.79 Å². The number of aromatic nitrogens is 1. The van der Waals surface area contributed by atoms with Crippen LogP contribution in [0.15, 0.2) is 29.2 Å². The molecule has 130 valence electrons. The van der Waals surface area contributed by atoms with Gasteiger partial charge in [-0.15, -0.1) is 0 Å². The van der Waals surface area contributed by atoms with Crippen LogP contribution in [0.5, 0.6) is 0 Å². The third-order valence-electron chi connectivity index (χ3n) is 3.49. The summed E-state index contributed by atoms with van der Waals surface area (Å²) in [6.45, 7) is 6.38. The van der Waals surface area contributed by atoms with Crippen molar-refractivity contribution in [1.82, 2.24) is 10.3 Å². The van der Waals surface area contributed by atoms with Crippen molar-refractivity contribution in [1.29, 1.82) is 0 Å².